The number of nitrogens with zero attached hydrogens (tertiary/aromatic N) is 1. The van der Waals surface area contributed by atoms with Gasteiger partial charge in [0.1, 0.15) is 9.84 Å². The van der Waals surface area contributed by atoms with E-state index < -0.39 is 26.5 Å². The van der Waals surface area contributed by atoms with Crippen molar-refractivity contribution in [3.8, 4) is 0 Å². The molecule has 0 bridgehead atoms. The molecule has 0 amide bonds. The third-order valence-electron chi connectivity index (χ3n) is 2.61. The molecule has 0 saturated heterocycles. The first kappa shape index (κ1) is 16.1. The van der Waals surface area contributed by atoms with E-state index in [1.54, 1.807) is 12.1 Å². The van der Waals surface area contributed by atoms with Crippen LogP contribution < -0.4 is 0 Å². The Balaban J connectivity index is 3.03. The molecule has 19 heavy (non-hydrogen) atoms. The molecule has 8 heteroatoms. The summed E-state index contributed by atoms with van der Waals surface area (Å²) in [5, 5.41) is 9.14. The fourth-order valence-corrected chi connectivity index (χ4v) is 3.57. The average molecular weight is 307 g/mol. The van der Waals surface area contributed by atoms with Gasteiger partial charge >= 0.3 is 0 Å². The summed E-state index contributed by atoms with van der Waals surface area (Å²) in [5.41, 5.74) is 0.286. The van der Waals surface area contributed by atoms with Gasteiger partial charge in [0.25, 0.3) is 0 Å². The highest BCUT2D eigenvalue weighted by Crippen LogP contribution is 2.19. The van der Waals surface area contributed by atoms with E-state index in [-0.39, 0.29) is 22.8 Å². The molecule has 0 atom stereocenters. The Hall–Kier alpha value is -0.960. The Morgan fingerprint density at radius 3 is 2.26 bits per heavy atom. The molecule has 0 fully saturated rings. The van der Waals surface area contributed by atoms with Crippen LogP contribution in [0.2, 0.25) is 0 Å². The minimum atomic E-state index is -3.80. The zero-order chi connectivity index (χ0) is 14.7. The smallest absolute Gasteiger partial charge is 0.243 e. The van der Waals surface area contributed by atoms with Crippen molar-refractivity contribution in [2.24, 2.45) is 0 Å². The van der Waals surface area contributed by atoms with E-state index in [1.165, 1.54) is 19.2 Å². The van der Waals surface area contributed by atoms with Crippen LogP contribution in [0.5, 0.6) is 0 Å². The third-order valence-corrected chi connectivity index (χ3v) is 5.49. The molecule has 1 aromatic rings. The molecule has 0 spiro atoms. The first-order valence-electron chi connectivity index (χ1n) is 5.51. The monoisotopic (exact) mass is 307 g/mol. The first-order valence-corrected chi connectivity index (χ1v) is 9.01. The summed E-state index contributed by atoms with van der Waals surface area (Å²) >= 11 is 0. The Morgan fingerprint density at radius 1 is 1.16 bits per heavy atom. The van der Waals surface area contributed by atoms with Crippen molar-refractivity contribution in [2.75, 3.05) is 25.6 Å². The predicted octanol–water partition coefficient (Wildman–Crippen LogP) is -0.156. The molecular weight excluding hydrogens is 290 g/mol. The molecule has 0 unspecified atom stereocenters. The van der Waals surface area contributed by atoms with Crippen LogP contribution in [0, 0.1) is 0 Å². The van der Waals surface area contributed by atoms with Crippen molar-refractivity contribution in [1.29, 1.82) is 0 Å². The van der Waals surface area contributed by atoms with E-state index >= 15 is 0 Å². The van der Waals surface area contributed by atoms with Crippen LogP contribution in [0.25, 0.3) is 0 Å². The Labute approximate surface area is 113 Å². The summed E-state index contributed by atoms with van der Waals surface area (Å²) in [6.45, 7) is -0.518. The number of aliphatic hydroxyl groups excluding tert-OH is 1. The van der Waals surface area contributed by atoms with Crippen LogP contribution >= 0.6 is 0 Å². The topological polar surface area (TPSA) is 91.8 Å². The number of benzene rings is 1. The SMILES string of the molecule is CN(CCS(C)(=O)=O)S(=O)(=O)c1ccccc1CO. The Morgan fingerprint density at radius 2 is 1.74 bits per heavy atom. The standard InChI is InChI=1S/C11H17NO5S2/c1-12(7-8-18(2,14)15)19(16,17)11-6-4-3-5-10(11)9-13/h3-6,13H,7-9H2,1-2H3. The maximum absolute atomic E-state index is 12.2. The summed E-state index contributed by atoms with van der Waals surface area (Å²) in [6.07, 6.45) is 1.05. The second-order valence-corrected chi connectivity index (χ2v) is 8.50. The molecule has 108 valence electrons. The molecule has 0 heterocycles. The van der Waals surface area contributed by atoms with E-state index in [1.807, 2.05) is 0 Å². The lowest BCUT2D eigenvalue weighted by molar-refractivity contribution is 0.278. The maximum Gasteiger partial charge on any atom is 0.243 e. The van der Waals surface area contributed by atoms with E-state index in [0.29, 0.717) is 0 Å². The maximum atomic E-state index is 12.2. The second kappa shape index (κ2) is 6.00. The molecule has 0 aromatic heterocycles. The molecule has 1 rings (SSSR count). The van der Waals surface area contributed by atoms with E-state index in [0.717, 1.165) is 10.6 Å². The lowest BCUT2D eigenvalue weighted by atomic mass is 10.2. The zero-order valence-electron chi connectivity index (χ0n) is 10.8. The highest BCUT2D eigenvalue weighted by Gasteiger charge is 2.23. The van der Waals surface area contributed by atoms with E-state index in [9.17, 15) is 16.8 Å². The number of hydrogen-bond acceptors (Lipinski definition) is 5. The molecule has 1 aromatic carbocycles. The van der Waals surface area contributed by atoms with Gasteiger partial charge in [-0.05, 0) is 11.6 Å². The third kappa shape index (κ3) is 4.27. The van der Waals surface area contributed by atoms with Crippen LogP contribution in [0.15, 0.2) is 29.2 Å². The lowest BCUT2D eigenvalue weighted by Gasteiger charge is -2.18. The minimum Gasteiger partial charge on any atom is -0.392 e. The Bertz CT molecular complexity index is 637. The van der Waals surface area contributed by atoms with Gasteiger partial charge in [-0.15, -0.1) is 0 Å². The average Bonchev–Trinajstić information content (AvgIpc) is 2.34. The molecule has 0 aliphatic carbocycles. The fraction of sp³-hybridized carbons (Fsp3) is 0.455. The van der Waals surface area contributed by atoms with E-state index in [2.05, 4.69) is 0 Å². The Kier molecular flexibility index (Phi) is 5.08. The number of rotatable bonds is 6. The minimum absolute atomic E-state index is 0.00602. The number of sulfonamides is 1. The van der Waals surface area contributed by atoms with Crippen LogP contribution in [0.1, 0.15) is 5.56 Å². The zero-order valence-corrected chi connectivity index (χ0v) is 12.4. The lowest BCUT2D eigenvalue weighted by Crippen LogP contribution is -2.32. The quantitative estimate of drug-likeness (QED) is 0.789. The van der Waals surface area contributed by atoms with Gasteiger partial charge in [-0.1, -0.05) is 18.2 Å². The van der Waals surface area contributed by atoms with Crippen molar-refractivity contribution in [3.63, 3.8) is 0 Å². The van der Waals surface area contributed by atoms with Crippen LogP contribution in [-0.2, 0) is 26.5 Å². The van der Waals surface area contributed by atoms with Gasteiger partial charge in [-0.25, -0.2) is 16.8 Å². The van der Waals surface area contributed by atoms with Gasteiger partial charge in [0, 0.05) is 19.8 Å². The van der Waals surface area contributed by atoms with Crippen molar-refractivity contribution in [2.45, 2.75) is 11.5 Å². The van der Waals surface area contributed by atoms with Gasteiger partial charge in [-0.3, -0.25) is 0 Å². The fourth-order valence-electron chi connectivity index (χ4n) is 1.47. The molecule has 0 aliphatic heterocycles. The van der Waals surface area contributed by atoms with Crippen molar-refractivity contribution in [3.05, 3.63) is 29.8 Å². The first-order chi connectivity index (χ1) is 8.68. The van der Waals surface area contributed by atoms with Crippen molar-refractivity contribution < 1.29 is 21.9 Å². The summed E-state index contributed by atoms with van der Waals surface area (Å²) in [7, 11) is -5.71. The van der Waals surface area contributed by atoms with Crippen molar-refractivity contribution in [1.82, 2.24) is 4.31 Å². The van der Waals surface area contributed by atoms with Gasteiger partial charge in [0.2, 0.25) is 10.0 Å². The molecule has 6 nitrogen and oxygen atoms in total. The molecule has 0 saturated carbocycles. The molecule has 1 N–H and O–H groups in total. The van der Waals surface area contributed by atoms with Gasteiger partial charge in [-0.2, -0.15) is 4.31 Å². The molecule has 0 aliphatic rings. The number of hydrogen-bond donors (Lipinski definition) is 1. The number of sulfone groups is 1. The van der Waals surface area contributed by atoms with E-state index in [4.69, 9.17) is 5.11 Å². The van der Waals surface area contributed by atoms with Crippen LogP contribution in [-0.4, -0.2) is 51.8 Å². The highest BCUT2D eigenvalue weighted by molar-refractivity contribution is 7.91. The summed E-state index contributed by atoms with van der Waals surface area (Å²) in [4.78, 5) is -0.00602. The summed E-state index contributed by atoms with van der Waals surface area (Å²) in [5.74, 6) is -0.246. The van der Waals surface area contributed by atoms with Gasteiger partial charge < -0.3 is 5.11 Å². The summed E-state index contributed by atoms with van der Waals surface area (Å²) in [6, 6.07) is 6.08. The van der Waals surface area contributed by atoms with Crippen LogP contribution in [0.4, 0.5) is 0 Å². The largest absolute Gasteiger partial charge is 0.392 e. The van der Waals surface area contributed by atoms with Gasteiger partial charge in [0.15, 0.2) is 0 Å². The number of aliphatic hydroxyl groups is 1. The summed E-state index contributed by atoms with van der Waals surface area (Å²) < 4.78 is 47.6. The molecule has 0 radical (unpaired) electrons. The van der Waals surface area contributed by atoms with Crippen LogP contribution in [0.3, 0.4) is 0 Å². The normalized spacial score (nSPS) is 12.8. The van der Waals surface area contributed by atoms with Gasteiger partial charge in [0.05, 0.1) is 17.3 Å². The highest BCUT2D eigenvalue weighted by atomic mass is 32.2. The molecular formula is C11H17NO5S2. The predicted molar refractivity (Wildman–Crippen MR) is 71.9 cm³/mol. The second-order valence-electron chi connectivity index (χ2n) is 4.22. The van der Waals surface area contributed by atoms with Crippen molar-refractivity contribution >= 4 is 19.9 Å².